The van der Waals surface area contributed by atoms with Gasteiger partial charge >= 0.3 is 12.1 Å². The Bertz CT molecular complexity index is 834. The number of nitrogens with one attached hydrogen (secondary N) is 3. The molecule has 0 unspecified atom stereocenters. The summed E-state index contributed by atoms with van der Waals surface area (Å²) in [7, 11) is 1.83. The molecule has 3 N–H and O–H groups in total. The topological polar surface area (TPSA) is 73.5 Å². The van der Waals surface area contributed by atoms with Gasteiger partial charge in [-0.1, -0.05) is 56.3 Å². The molecule has 0 radical (unpaired) electrons. The van der Waals surface area contributed by atoms with Gasteiger partial charge in [0.05, 0.1) is 6.04 Å². The van der Waals surface area contributed by atoms with Gasteiger partial charge in [-0.15, -0.1) is 0 Å². The molecule has 1 aliphatic carbocycles. The maximum Gasteiger partial charge on any atom is 0.319 e. The van der Waals surface area contributed by atoms with Crippen LogP contribution in [-0.4, -0.2) is 30.1 Å². The normalized spacial score (nSPS) is 14.2. The quantitative estimate of drug-likeness (QED) is 0.646. The zero-order valence-corrected chi connectivity index (χ0v) is 17.3. The molecule has 29 heavy (non-hydrogen) atoms. The van der Waals surface area contributed by atoms with E-state index in [4.69, 9.17) is 0 Å². The number of carbonyl (C=O) groups is 2. The molecule has 2 aromatic rings. The minimum atomic E-state index is -0.184. The molecule has 0 heterocycles. The first-order valence-corrected chi connectivity index (χ1v) is 10.2. The van der Waals surface area contributed by atoms with Crippen molar-refractivity contribution in [3.63, 3.8) is 0 Å². The van der Waals surface area contributed by atoms with E-state index < -0.39 is 0 Å². The van der Waals surface area contributed by atoms with Gasteiger partial charge in [-0.3, -0.25) is 0 Å². The molecule has 1 fully saturated rings. The number of anilines is 1. The highest BCUT2D eigenvalue weighted by atomic mass is 16.2. The van der Waals surface area contributed by atoms with Crippen LogP contribution in [0, 0.1) is 5.92 Å². The van der Waals surface area contributed by atoms with Gasteiger partial charge in [0.15, 0.2) is 0 Å². The number of urea groups is 2. The molecule has 0 aliphatic heterocycles. The minimum absolute atomic E-state index is 0.00433. The lowest BCUT2D eigenvalue weighted by Gasteiger charge is -2.32. The van der Waals surface area contributed by atoms with Crippen molar-refractivity contribution >= 4 is 17.7 Å². The van der Waals surface area contributed by atoms with Crippen LogP contribution in [0.4, 0.5) is 15.3 Å². The second kappa shape index (κ2) is 9.45. The van der Waals surface area contributed by atoms with E-state index in [9.17, 15) is 9.59 Å². The summed E-state index contributed by atoms with van der Waals surface area (Å²) in [5.41, 5.74) is 2.76. The first kappa shape index (κ1) is 20.7. The van der Waals surface area contributed by atoms with Crippen molar-refractivity contribution in [2.75, 3.05) is 12.4 Å². The van der Waals surface area contributed by atoms with Crippen LogP contribution in [0.25, 0.3) is 0 Å². The standard InChI is InChI=1S/C23H30N4O2/c1-16(2)21(18-9-5-4-6-10-18)27(3)23(29)24-15-17-8-7-11-20(14-17)26-22(28)25-19-12-13-19/h4-11,14,16,19,21H,12-13,15H2,1-3H3,(H,24,29)(H2,25,26,28)/t21-/m1/s1. The van der Waals surface area contributed by atoms with Gasteiger partial charge < -0.3 is 20.9 Å². The third-order valence-corrected chi connectivity index (χ3v) is 5.05. The average molecular weight is 395 g/mol. The molecule has 6 heteroatoms. The molecule has 154 valence electrons. The van der Waals surface area contributed by atoms with Crippen LogP contribution in [0.3, 0.4) is 0 Å². The lowest BCUT2D eigenvalue weighted by atomic mass is 9.95. The Morgan fingerprint density at radius 3 is 2.45 bits per heavy atom. The Kier molecular flexibility index (Phi) is 6.75. The predicted molar refractivity (Wildman–Crippen MR) is 116 cm³/mol. The van der Waals surface area contributed by atoms with Crippen LogP contribution in [0.5, 0.6) is 0 Å². The fourth-order valence-electron chi connectivity index (χ4n) is 3.47. The summed E-state index contributed by atoms with van der Waals surface area (Å²) in [6, 6.07) is 17.6. The maximum atomic E-state index is 12.8. The van der Waals surface area contributed by atoms with Crippen molar-refractivity contribution in [3.8, 4) is 0 Å². The zero-order chi connectivity index (χ0) is 20.8. The number of nitrogens with zero attached hydrogens (tertiary/aromatic N) is 1. The first-order chi connectivity index (χ1) is 13.9. The van der Waals surface area contributed by atoms with Crippen LogP contribution < -0.4 is 16.0 Å². The van der Waals surface area contributed by atoms with E-state index in [1.54, 1.807) is 4.90 Å². The van der Waals surface area contributed by atoms with E-state index in [1.165, 1.54) is 0 Å². The van der Waals surface area contributed by atoms with Gasteiger partial charge in [-0.25, -0.2) is 9.59 Å². The second-order valence-electron chi connectivity index (χ2n) is 7.94. The predicted octanol–water partition coefficient (Wildman–Crippen LogP) is 4.51. The number of amides is 4. The number of carbonyl (C=O) groups excluding carboxylic acids is 2. The van der Waals surface area contributed by atoms with E-state index in [0.717, 1.165) is 24.0 Å². The van der Waals surface area contributed by atoms with Crippen LogP contribution in [-0.2, 0) is 6.54 Å². The van der Waals surface area contributed by atoms with Crippen LogP contribution in [0.15, 0.2) is 54.6 Å². The van der Waals surface area contributed by atoms with E-state index >= 15 is 0 Å². The summed E-state index contributed by atoms with van der Waals surface area (Å²) in [5.74, 6) is 0.283. The molecule has 0 aromatic heterocycles. The third kappa shape index (κ3) is 5.98. The number of rotatable bonds is 7. The summed E-state index contributed by atoms with van der Waals surface area (Å²) < 4.78 is 0. The van der Waals surface area contributed by atoms with Crippen LogP contribution in [0.2, 0.25) is 0 Å². The Balaban J connectivity index is 1.57. The SMILES string of the molecule is CC(C)[C@H](c1ccccc1)N(C)C(=O)NCc1cccc(NC(=O)NC2CC2)c1. The molecule has 4 amide bonds. The lowest BCUT2D eigenvalue weighted by molar-refractivity contribution is 0.173. The lowest BCUT2D eigenvalue weighted by Crippen LogP contribution is -2.41. The van der Waals surface area contributed by atoms with Crippen molar-refractivity contribution in [3.05, 3.63) is 65.7 Å². The van der Waals surface area contributed by atoms with Gasteiger partial charge in [0, 0.05) is 25.3 Å². The molecule has 2 aromatic carbocycles. The first-order valence-electron chi connectivity index (χ1n) is 10.2. The highest BCUT2D eigenvalue weighted by Crippen LogP contribution is 2.27. The average Bonchev–Trinajstić information content (AvgIpc) is 3.50. The van der Waals surface area contributed by atoms with Crippen molar-refractivity contribution < 1.29 is 9.59 Å². The Morgan fingerprint density at radius 2 is 1.79 bits per heavy atom. The third-order valence-electron chi connectivity index (χ3n) is 5.05. The van der Waals surface area contributed by atoms with Crippen molar-refractivity contribution in [1.29, 1.82) is 0 Å². The zero-order valence-electron chi connectivity index (χ0n) is 17.3. The molecule has 1 saturated carbocycles. The number of hydrogen-bond donors (Lipinski definition) is 3. The molecule has 6 nitrogen and oxygen atoms in total. The molecular formula is C23H30N4O2. The monoisotopic (exact) mass is 394 g/mol. The molecule has 1 aliphatic rings. The summed E-state index contributed by atoms with van der Waals surface area (Å²) in [6.07, 6.45) is 2.10. The highest BCUT2D eigenvalue weighted by molar-refractivity contribution is 5.89. The fourth-order valence-corrected chi connectivity index (χ4v) is 3.47. The summed E-state index contributed by atoms with van der Waals surface area (Å²) in [5, 5.41) is 8.73. The van der Waals surface area contributed by atoms with Crippen LogP contribution >= 0.6 is 0 Å². The Hall–Kier alpha value is -3.02. The van der Waals surface area contributed by atoms with E-state index in [0.29, 0.717) is 18.3 Å². The molecule has 1 atom stereocenters. The van der Waals surface area contributed by atoms with Gasteiger partial charge in [0.2, 0.25) is 0 Å². The van der Waals surface area contributed by atoms with Gasteiger partial charge in [0.1, 0.15) is 0 Å². The summed E-state index contributed by atoms with van der Waals surface area (Å²) >= 11 is 0. The smallest absolute Gasteiger partial charge is 0.319 e. The largest absolute Gasteiger partial charge is 0.335 e. The summed E-state index contributed by atoms with van der Waals surface area (Å²) in [6.45, 7) is 4.62. The van der Waals surface area contributed by atoms with Gasteiger partial charge in [-0.05, 0) is 42.0 Å². The molecule has 0 bridgehead atoms. The van der Waals surface area contributed by atoms with E-state index in [-0.39, 0.29) is 24.0 Å². The highest BCUT2D eigenvalue weighted by Gasteiger charge is 2.25. The molecule has 0 saturated heterocycles. The van der Waals surface area contributed by atoms with E-state index in [2.05, 4.69) is 41.9 Å². The van der Waals surface area contributed by atoms with Gasteiger partial charge in [-0.2, -0.15) is 0 Å². The molecule has 0 spiro atoms. The van der Waals surface area contributed by atoms with Crippen molar-refractivity contribution in [2.45, 2.75) is 45.3 Å². The Morgan fingerprint density at radius 1 is 1.07 bits per heavy atom. The number of benzene rings is 2. The Labute approximate surface area is 172 Å². The second-order valence-corrected chi connectivity index (χ2v) is 7.94. The molecule has 3 rings (SSSR count). The van der Waals surface area contributed by atoms with Crippen molar-refractivity contribution in [2.24, 2.45) is 5.92 Å². The minimum Gasteiger partial charge on any atom is -0.335 e. The van der Waals surface area contributed by atoms with E-state index in [1.807, 2.05) is 49.5 Å². The summed E-state index contributed by atoms with van der Waals surface area (Å²) in [4.78, 5) is 26.4. The number of hydrogen-bond acceptors (Lipinski definition) is 2. The van der Waals surface area contributed by atoms with Crippen LogP contribution in [0.1, 0.15) is 43.9 Å². The maximum absolute atomic E-state index is 12.8. The van der Waals surface area contributed by atoms with Crippen molar-refractivity contribution in [1.82, 2.24) is 15.5 Å². The fraction of sp³-hybridized carbons (Fsp3) is 0.391. The van der Waals surface area contributed by atoms with Gasteiger partial charge in [0.25, 0.3) is 0 Å². The molecular weight excluding hydrogens is 364 g/mol.